The Morgan fingerprint density at radius 2 is 1.82 bits per heavy atom. The van der Waals surface area contributed by atoms with Gasteiger partial charge in [-0.2, -0.15) is 10.4 Å². The Bertz CT molecular complexity index is 1540. The Morgan fingerprint density at radius 1 is 1.03 bits per heavy atom. The van der Waals surface area contributed by atoms with Crippen molar-refractivity contribution in [2.45, 2.75) is 6.92 Å². The highest BCUT2D eigenvalue weighted by Gasteiger charge is 2.27. The molecule has 0 amide bonds. The highest BCUT2D eigenvalue weighted by Crippen LogP contribution is 2.44. The molecular weight excluding hydrogens is 428 g/mol. The first-order valence-corrected chi connectivity index (χ1v) is 11.1. The summed E-state index contributed by atoms with van der Waals surface area (Å²) < 4.78 is 9.00. The molecule has 0 saturated heterocycles. The summed E-state index contributed by atoms with van der Waals surface area (Å²) in [4.78, 5) is 17.0. The molecule has 34 heavy (non-hydrogen) atoms. The van der Waals surface area contributed by atoms with Gasteiger partial charge >= 0.3 is 0 Å². The van der Waals surface area contributed by atoms with Gasteiger partial charge in [-0.15, -0.1) is 0 Å². The number of methoxy groups -OCH3 is 1. The number of hydrogen-bond donors (Lipinski definition) is 0. The molecule has 8 nitrogen and oxygen atoms in total. The third kappa shape index (κ3) is 3.28. The fraction of sp³-hybridized carbons (Fsp3) is 0.269. The smallest absolute Gasteiger partial charge is 0.253 e. The number of nitrogens with zero attached hydrogens (tertiary/aromatic N) is 6. The number of fused-ring (bicyclic) bond motifs is 2. The minimum absolute atomic E-state index is 0.0303. The molecule has 172 valence electrons. The Balaban J connectivity index is 1.78. The lowest BCUT2D eigenvalue weighted by molar-refractivity contribution is 0.415. The summed E-state index contributed by atoms with van der Waals surface area (Å²) in [6.07, 6.45) is 1.88. The average Bonchev–Trinajstić information content (AvgIpc) is 3.28. The lowest BCUT2D eigenvalue weighted by atomic mass is 9.99. The van der Waals surface area contributed by atoms with Crippen LogP contribution in [-0.4, -0.2) is 41.6 Å². The molecule has 2 aromatic heterocycles. The van der Waals surface area contributed by atoms with Gasteiger partial charge in [-0.1, -0.05) is 0 Å². The second kappa shape index (κ2) is 7.96. The van der Waals surface area contributed by atoms with E-state index in [-0.39, 0.29) is 5.56 Å². The summed E-state index contributed by atoms with van der Waals surface area (Å²) in [5.41, 5.74) is 6.49. The molecule has 1 aliphatic heterocycles. The monoisotopic (exact) mass is 454 g/mol. The average molecular weight is 455 g/mol. The van der Waals surface area contributed by atoms with Crippen LogP contribution < -0.4 is 20.1 Å². The van der Waals surface area contributed by atoms with E-state index in [4.69, 9.17) is 4.74 Å². The molecular formula is C26H26N6O2. The van der Waals surface area contributed by atoms with Gasteiger partial charge in [0.1, 0.15) is 5.75 Å². The first-order chi connectivity index (χ1) is 16.3. The summed E-state index contributed by atoms with van der Waals surface area (Å²) in [7, 11) is 7.33. The van der Waals surface area contributed by atoms with Crippen molar-refractivity contribution in [2.24, 2.45) is 14.1 Å². The molecule has 0 unspecified atom stereocenters. The lowest BCUT2D eigenvalue weighted by Crippen LogP contribution is -2.37. The van der Waals surface area contributed by atoms with Crippen LogP contribution in [0.15, 0.2) is 47.4 Å². The molecule has 8 heteroatoms. The van der Waals surface area contributed by atoms with E-state index >= 15 is 0 Å². The van der Waals surface area contributed by atoms with Crippen LogP contribution in [-0.2, 0) is 14.1 Å². The zero-order valence-electron chi connectivity index (χ0n) is 20.0. The molecule has 1 aliphatic rings. The van der Waals surface area contributed by atoms with Crippen molar-refractivity contribution in [3.63, 3.8) is 0 Å². The summed E-state index contributed by atoms with van der Waals surface area (Å²) in [5.74, 6) is 0.674. The standard InChI is InChI=1S/C26H26N6O2/c1-16-10-20-22(31(4)26(16)33)12-18(34-5)13-23(20)32-9-8-29(2)24-14-19(17(15-27)11-25(24)32)21-6-7-30(3)28-21/h6-7,10-14H,8-9H2,1-5H3. The maximum absolute atomic E-state index is 12.6. The van der Waals surface area contributed by atoms with Gasteiger partial charge < -0.3 is 19.1 Å². The quantitative estimate of drug-likeness (QED) is 0.470. The van der Waals surface area contributed by atoms with Crippen LogP contribution in [0.5, 0.6) is 5.75 Å². The van der Waals surface area contributed by atoms with E-state index in [0.717, 1.165) is 52.3 Å². The third-order valence-electron chi connectivity index (χ3n) is 6.59. The lowest BCUT2D eigenvalue weighted by Gasteiger charge is -2.38. The van der Waals surface area contributed by atoms with Crippen molar-refractivity contribution in [2.75, 3.05) is 37.0 Å². The van der Waals surface area contributed by atoms with E-state index < -0.39 is 0 Å². The fourth-order valence-electron chi connectivity index (χ4n) is 4.72. The zero-order chi connectivity index (χ0) is 24.1. The van der Waals surface area contributed by atoms with Gasteiger partial charge in [-0.3, -0.25) is 9.48 Å². The number of hydrogen-bond acceptors (Lipinski definition) is 6. The van der Waals surface area contributed by atoms with Crippen molar-refractivity contribution in [3.05, 3.63) is 64.1 Å². The number of benzene rings is 2. The second-order valence-corrected chi connectivity index (χ2v) is 8.72. The highest BCUT2D eigenvalue weighted by atomic mass is 16.5. The van der Waals surface area contributed by atoms with Gasteiger partial charge in [-0.05, 0) is 31.2 Å². The summed E-state index contributed by atoms with van der Waals surface area (Å²) in [5, 5.41) is 15.5. The molecule has 3 heterocycles. The number of pyridine rings is 1. The minimum Gasteiger partial charge on any atom is -0.497 e. The summed E-state index contributed by atoms with van der Waals surface area (Å²) in [6, 6.07) is 14.1. The van der Waals surface area contributed by atoms with Crippen molar-refractivity contribution in [1.29, 1.82) is 5.26 Å². The number of aromatic nitrogens is 3. The Morgan fingerprint density at radius 3 is 2.50 bits per heavy atom. The van der Waals surface area contributed by atoms with Crippen LogP contribution in [0.3, 0.4) is 0 Å². The predicted molar refractivity (Wildman–Crippen MR) is 134 cm³/mol. The molecule has 0 N–H and O–H groups in total. The van der Waals surface area contributed by atoms with E-state index in [1.807, 2.05) is 56.6 Å². The van der Waals surface area contributed by atoms with Gasteiger partial charge in [0.05, 0.1) is 47.0 Å². The summed E-state index contributed by atoms with van der Waals surface area (Å²) in [6.45, 7) is 3.35. The van der Waals surface area contributed by atoms with Gasteiger partial charge in [-0.25, -0.2) is 0 Å². The second-order valence-electron chi connectivity index (χ2n) is 8.72. The van der Waals surface area contributed by atoms with Crippen LogP contribution in [0.2, 0.25) is 0 Å². The number of aryl methyl sites for hydroxylation is 3. The molecule has 0 fully saturated rings. The first-order valence-electron chi connectivity index (χ1n) is 11.1. The number of ether oxygens (including phenoxy) is 1. The molecule has 0 bridgehead atoms. The minimum atomic E-state index is -0.0303. The highest BCUT2D eigenvalue weighted by molar-refractivity contribution is 5.98. The molecule has 5 rings (SSSR count). The molecule has 0 aliphatic carbocycles. The number of rotatable bonds is 3. The van der Waals surface area contributed by atoms with Crippen LogP contribution in [0.1, 0.15) is 11.1 Å². The van der Waals surface area contributed by atoms with E-state index in [9.17, 15) is 10.1 Å². The van der Waals surface area contributed by atoms with Crippen LogP contribution in [0.25, 0.3) is 22.2 Å². The molecule has 0 radical (unpaired) electrons. The molecule has 2 aromatic carbocycles. The Labute approximate surface area is 197 Å². The zero-order valence-corrected chi connectivity index (χ0v) is 20.0. The normalized spacial score (nSPS) is 13.2. The molecule has 4 aromatic rings. The van der Waals surface area contributed by atoms with Crippen molar-refractivity contribution in [3.8, 4) is 23.1 Å². The van der Waals surface area contributed by atoms with Gasteiger partial charge in [0.15, 0.2) is 0 Å². The molecule has 0 saturated carbocycles. The van der Waals surface area contributed by atoms with Crippen molar-refractivity contribution >= 4 is 28.0 Å². The number of anilines is 3. The maximum atomic E-state index is 12.6. The fourth-order valence-corrected chi connectivity index (χ4v) is 4.72. The van der Waals surface area contributed by atoms with Crippen LogP contribution in [0, 0.1) is 18.3 Å². The molecule has 0 spiro atoms. The van der Waals surface area contributed by atoms with Crippen LogP contribution in [0.4, 0.5) is 17.1 Å². The molecule has 0 atom stereocenters. The number of nitriles is 1. The van der Waals surface area contributed by atoms with Gasteiger partial charge in [0, 0.05) is 69.1 Å². The largest absolute Gasteiger partial charge is 0.497 e. The van der Waals surface area contributed by atoms with E-state index in [2.05, 4.69) is 28.0 Å². The predicted octanol–water partition coefficient (Wildman–Crippen LogP) is 3.72. The van der Waals surface area contributed by atoms with Crippen LogP contribution >= 0.6 is 0 Å². The third-order valence-corrected chi connectivity index (χ3v) is 6.59. The number of likely N-dealkylation sites (N-methyl/N-ethyl adjacent to an activating group) is 1. The van der Waals surface area contributed by atoms with Crippen molar-refractivity contribution in [1.82, 2.24) is 14.3 Å². The van der Waals surface area contributed by atoms with E-state index in [1.54, 1.807) is 23.4 Å². The van der Waals surface area contributed by atoms with E-state index in [1.165, 1.54) is 0 Å². The summed E-state index contributed by atoms with van der Waals surface area (Å²) >= 11 is 0. The van der Waals surface area contributed by atoms with Crippen molar-refractivity contribution < 1.29 is 4.74 Å². The maximum Gasteiger partial charge on any atom is 0.253 e. The Kier molecular flexibility index (Phi) is 5.05. The SMILES string of the molecule is COc1cc(N2CCN(C)c3cc(-c4ccn(C)n4)c(C#N)cc32)c2cc(C)c(=O)n(C)c2c1. The first kappa shape index (κ1) is 21.6. The van der Waals surface area contributed by atoms with E-state index in [0.29, 0.717) is 16.9 Å². The van der Waals surface area contributed by atoms with Gasteiger partial charge in [0.2, 0.25) is 0 Å². The topological polar surface area (TPSA) is 79.3 Å². The Hall–Kier alpha value is -4.25. The van der Waals surface area contributed by atoms with Gasteiger partial charge in [0.25, 0.3) is 5.56 Å².